The molecule has 1 aliphatic rings. The zero-order valence-electron chi connectivity index (χ0n) is 14.2. The molecule has 0 atom stereocenters. The van der Waals surface area contributed by atoms with Gasteiger partial charge in [-0.25, -0.2) is 0 Å². The van der Waals surface area contributed by atoms with Gasteiger partial charge in [-0.2, -0.15) is 18.2 Å². The molecule has 2 heterocycles. The van der Waals surface area contributed by atoms with Crippen LogP contribution in [0, 0.1) is 6.92 Å². The number of oxazole rings is 1. The van der Waals surface area contributed by atoms with Gasteiger partial charge in [0.15, 0.2) is 5.69 Å². The smallest absolute Gasteiger partial charge is 0.431 e. The molecule has 1 aromatic carbocycles. The molecule has 1 aliphatic heterocycles. The lowest BCUT2D eigenvalue weighted by Gasteiger charge is -2.35. The van der Waals surface area contributed by atoms with Gasteiger partial charge in [0.1, 0.15) is 6.26 Å². The molecule has 6 nitrogen and oxygen atoms in total. The minimum atomic E-state index is -4.60. The molecule has 26 heavy (non-hydrogen) atoms. The quantitative estimate of drug-likeness (QED) is 0.899. The molecule has 1 fully saturated rings. The van der Waals surface area contributed by atoms with Crippen LogP contribution in [0.2, 0.25) is 0 Å². The van der Waals surface area contributed by atoms with Gasteiger partial charge in [0.25, 0.3) is 0 Å². The molecule has 0 aliphatic carbocycles. The number of benzene rings is 1. The maximum atomic E-state index is 12.5. The van der Waals surface area contributed by atoms with Crippen molar-refractivity contribution in [1.82, 2.24) is 9.88 Å². The molecular formula is C17H19F3N4O2. The van der Waals surface area contributed by atoms with Gasteiger partial charge >= 0.3 is 12.2 Å². The Morgan fingerprint density at radius 3 is 2.62 bits per heavy atom. The van der Waals surface area contributed by atoms with Crippen molar-refractivity contribution in [1.29, 1.82) is 0 Å². The van der Waals surface area contributed by atoms with Crippen molar-refractivity contribution < 1.29 is 22.4 Å². The average molecular weight is 368 g/mol. The number of anilines is 2. The molecule has 1 aromatic heterocycles. The summed E-state index contributed by atoms with van der Waals surface area (Å²) in [5, 5.41) is 2.26. The van der Waals surface area contributed by atoms with Crippen LogP contribution < -0.4 is 10.2 Å². The SMILES string of the molecule is Cc1cccc(N2CCN(CC(=O)Nc3nc(C(F)(F)F)co3)CC2)c1. The Labute approximate surface area is 148 Å². The number of aromatic nitrogens is 1. The first-order valence-electron chi connectivity index (χ1n) is 8.18. The van der Waals surface area contributed by atoms with Crippen LogP contribution in [0.15, 0.2) is 34.9 Å². The molecular weight excluding hydrogens is 349 g/mol. The van der Waals surface area contributed by atoms with Crippen LogP contribution >= 0.6 is 0 Å². The minimum absolute atomic E-state index is 0.0748. The van der Waals surface area contributed by atoms with Crippen LogP contribution in [-0.4, -0.2) is 48.5 Å². The van der Waals surface area contributed by atoms with E-state index in [1.807, 2.05) is 24.0 Å². The van der Waals surface area contributed by atoms with Gasteiger partial charge in [-0.3, -0.25) is 15.0 Å². The highest BCUT2D eigenvalue weighted by Gasteiger charge is 2.35. The molecule has 2 aromatic rings. The third-order valence-corrected chi connectivity index (χ3v) is 4.15. The van der Waals surface area contributed by atoms with Gasteiger partial charge in [0, 0.05) is 31.9 Å². The largest absolute Gasteiger partial charge is 0.436 e. The second-order valence-electron chi connectivity index (χ2n) is 6.19. The van der Waals surface area contributed by atoms with Gasteiger partial charge in [0.05, 0.1) is 6.54 Å². The number of carbonyl (C=O) groups excluding carboxylic acids is 1. The first-order chi connectivity index (χ1) is 12.3. The lowest BCUT2D eigenvalue weighted by atomic mass is 10.2. The second kappa shape index (κ2) is 7.36. The molecule has 0 saturated carbocycles. The first kappa shape index (κ1) is 18.2. The summed E-state index contributed by atoms with van der Waals surface area (Å²) >= 11 is 0. The summed E-state index contributed by atoms with van der Waals surface area (Å²) in [7, 11) is 0. The maximum Gasteiger partial charge on any atom is 0.436 e. The Morgan fingerprint density at radius 2 is 2.00 bits per heavy atom. The van der Waals surface area contributed by atoms with E-state index < -0.39 is 23.8 Å². The molecule has 0 spiro atoms. The lowest BCUT2D eigenvalue weighted by Crippen LogP contribution is -2.48. The number of nitrogens with one attached hydrogen (secondary N) is 1. The molecule has 140 valence electrons. The van der Waals surface area contributed by atoms with Crippen LogP contribution in [0.3, 0.4) is 0 Å². The Kier molecular flexibility index (Phi) is 5.17. The number of carbonyl (C=O) groups is 1. The predicted molar refractivity (Wildman–Crippen MR) is 90.0 cm³/mol. The Bertz CT molecular complexity index is 767. The van der Waals surface area contributed by atoms with E-state index in [1.165, 1.54) is 5.56 Å². The number of alkyl halides is 3. The zero-order chi connectivity index (χ0) is 18.7. The number of hydrogen-bond acceptors (Lipinski definition) is 5. The summed E-state index contributed by atoms with van der Waals surface area (Å²) in [6.07, 6.45) is -4.12. The van der Waals surface area contributed by atoms with Crippen LogP contribution in [0.4, 0.5) is 24.9 Å². The van der Waals surface area contributed by atoms with Crippen molar-refractivity contribution in [3.8, 4) is 0 Å². The fourth-order valence-electron chi connectivity index (χ4n) is 2.81. The van der Waals surface area contributed by atoms with Crippen molar-refractivity contribution >= 4 is 17.6 Å². The number of nitrogens with zero attached hydrogens (tertiary/aromatic N) is 3. The highest BCUT2D eigenvalue weighted by Crippen LogP contribution is 2.29. The monoisotopic (exact) mass is 368 g/mol. The van der Waals surface area contributed by atoms with Crippen molar-refractivity contribution in [2.75, 3.05) is 42.9 Å². The first-order valence-corrected chi connectivity index (χ1v) is 8.18. The van der Waals surface area contributed by atoms with Gasteiger partial charge in [-0.15, -0.1) is 0 Å². The zero-order valence-corrected chi connectivity index (χ0v) is 14.2. The number of hydrogen-bond donors (Lipinski definition) is 1. The minimum Gasteiger partial charge on any atom is -0.431 e. The fourth-order valence-corrected chi connectivity index (χ4v) is 2.81. The number of aryl methyl sites for hydroxylation is 1. The number of halogens is 3. The van der Waals surface area contributed by atoms with Gasteiger partial charge in [-0.1, -0.05) is 12.1 Å². The molecule has 1 amide bonds. The van der Waals surface area contributed by atoms with Crippen molar-refractivity contribution in [2.24, 2.45) is 0 Å². The summed E-state index contributed by atoms with van der Waals surface area (Å²) in [4.78, 5) is 19.4. The molecule has 0 radical (unpaired) electrons. The number of rotatable bonds is 4. The lowest BCUT2D eigenvalue weighted by molar-refractivity contribution is -0.141. The molecule has 1 saturated heterocycles. The maximum absolute atomic E-state index is 12.5. The highest BCUT2D eigenvalue weighted by molar-refractivity contribution is 5.90. The topological polar surface area (TPSA) is 61.6 Å². The summed E-state index contributed by atoms with van der Waals surface area (Å²) in [5.74, 6) is -0.454. The summed E-state index contributed by atoms with van der Waals surface area (Å²) in [6.45, 7) is 5.02. The summed E-state index contributed by atoms with van der Waals surface area (Å²) in [5.41, 5.74) is 1.17. The van der Waals surface area contributed by atoms with Crippen molar-refractivity contribution in [3.63, 3.8) is 0 Å². The Hall–Kier alpha value is -2.55. The van der Waals surface area contributed by atoms with E-state index in [1.54, 1.807) is 0 Å². The van der Waals surface area contributed by atoms with E-state index in [0.717, 1.165) is 18.8 Å². The van der Waals surface area contributed by atoms with Crippen LogP contribution in [0.1, 0.15) is 11.3 Å². The third-order valence-electron chi connectivity index (χ3n) is 4.15. The van der Waals surface area contributed by atoms with Crippen LogP contribution in [0.5, 0.6) is 0 Å². The van der Waals surface area contributed by atoms with Gasteiger partial charge < -0.3 is 9.32 Å². The second-order valence-corrected chi connectivity index (χ2v) is 6.19. The van der Waals surface area contributed by atoms with Crippen molar-refractivity contribution in [2.45, 2.75) is 13.1 Å². The average Bonchev–Trinajstić information content (AvgIpc) is 3.04. The molecule has 3 rings (SSSR count). The standard InChI is InChI=1S/C17H19F3N4O2/c1-12-3-2-4-13(9-12)24-7-5-23(6-8-24)10-15(25)22-16-21-14(11-26-16)17(18,19)20/h2-4,9,11H,5-8,10H2,1H3,(H,21,22,25). The fraction of sp³-hybridized carbons (Fsp3) is 0.412. The van der Waals surface area contributed by atoms with E-state index in [2.05, 4.69) is 31.8 Å². The van der Waals surface area contributed by atoms with Crippen LogP contribution in [0.25, 0.3) is 0 Å². The molecule has 0 bridgehead atoms. The normalized spacial score (nSPS) is 15.9. The van der Waals surface area contributed by atoms with Crippen LogP contribution in [-0.2, 0) is 11.0 Å². The van der Waals surface area contributed by atoms with E-state index >= 15 is 0 Å². The summed E-state index contributed by atoms with van der Waals surface area (Å²) in [6, 6.07) is 7.77. The molecule has 0 unspecified atom stereocenters. The van der Waals surface area contributed by atoms with Gasteiger partial charge in [0.2, 0.25) is 5.91 Å². The Balaban J connectivity index is 1.48. The van der Waals surface area contributed by atoms with E-state index in [4.69, 9.17) is 0 Å². The predicted octanol–water partition coefficient (Wildman–Crippen LogP) is 2.76. The molecule has 9 heteroatoms. The Morgan fingerprint density at radius 1 is 1.27 bits per heavy atom. The number of piperazine rings is 1. The number of amides is 1. The van der Waals surface area contributed by atoms with Crippen molar-refractivity contribution in [3.05, 3.63) is 41.8 Å². The summed E-state index contributed by atoms with van der Waals surface area (Å²) < 4.78 is 42.0. The molecule has 1 N–H and O–H groups in total. The van der Waals surface area contributed by atoms with E-state index in [0.29, 0.717) is 19.4 Å². The highest BCUT2D eigenvalue weighted by atomic mass is 19.4. The third kappa shape index (κ3) is 4.54. The van der Waals surface area contributed by atoms with E-state index in [-0.39, 0.29) is 6.54 Å². The van der Waals surface area contributed by atoms with E-state index in [9.17, 15) is 18.0 Å². The van der Waals surface area contributed by atoms with Gasteiger partial charge in [-0.05, 0) is 24.6 Å².